The predicted octanol–water partition coefficient (Wildman–Crippen LogP) is 3.71. The largest absolute Gasteiger partial charge is 0.493 e. The first kappa shape index (κ1) is 16.5. The van der Waals surface area contributed by atoms with Gasteiger partial charge < -0.3 is 9.47 Å². The molecule has 1 aromatic rings. The standard InChI is InChI=1S/C14H19BrN2O3/c1-5-19-12-7-6-11(15)8-10(12)9-16-17-13(18)20-14(2,3)4/h6-9H,5H2,1-4H3,(H,17,18)/b16-9-. The second kappa shape index (κ2) is 7.28. The van der Waals surface area contributed by atoms with Crippen LogP contribution in [0.15, 0.2) is 27.8 Å². The maximum absolute atomic E-state index is 11.4. The van der Waals surface area contributed by atoms with Crippen LogP contribution in [0.25, 0.3) is 0 Å². The number of hydrazone groups is 1. The van der Waals surface area contributed by atoms with E-state index in [-0.39, 0.29) is 0 Å². The van der Waals surface area contributed by atoms with Crippen LogP contribution < -0.4 is 10.2 Å². The molecule has 0 fully saturated rings. The normalized spacial score (nSPS) is 11.4. The average Bonchev–Trinajstić information content (AvgIpc) is 2.30. The molecule has 0 heterocycles. The van der Waals surface area contributed by atoms with Crippen LogP contribution in [-0.2, 0) is 4.74 Å². The molecule has 0 aliphatic carbocycles. The lowest BCUT2D eigenvalue weighted by Crippen LogP contribution is -2.29. The number of carbonyl (C=O) groups is 1. The fourth-order valence-electron chi connectivity index (χ4n) is 1.36. The van der Waals surface area contributed by atoms with Crippen molar-refractivity contribution in [3.05, 3.63) is 28.2 Å². The summed E-state index contributed by atoms with van der Waals surface area (Å²) in [5.74, 6) is 0.699. The summed E-state index contributed by atoms with van der Waals surface area (Å²) < 4.78 is 11.4. The predicted molar refractivity (Wildman–Crippen MR) is 82.3 cm³/mol. The lowest BCUT2D eigenvalue weighted by atomic mass is 10.2. The number of nitrogens with one attached hydrogen (secondary N) is 1. The van der Waals surface area contributed by atoms with Gasteiger partial charge in [-0.25, -0.2) is 10.2 Å². The Morgan fingerprint density at radius 1 is 1.45 bits per heavy atom. The number of carbonyl (C=O) groups excluding carboxylic acids is 1. The highest BCUT2D eigenvalue weighted by atomic mass is 79.9. The summed E-state index contributed by atoms with van der Waals surface area (Å²) in [6.45, 7) is 7.83. The van der Waals surface area contributed by atoms with Gasteiger partial charge in [0.1, 0.15) is 11.4 Å². The van der Waals surface area contributed by atoms with Crippen molar-refractivity contribution in [1.82, 2.24) is 5.43 Å². The van der Waals surface area contributed by atoms with Gasteiger partial charge in [-0.05, 0) is 45.9 Å². The van der Waals surface area contributed by atoms with E-state index in [1.807, 2.05) is 25.1 Å². The van der Waals surface area contributed by atoms with Crippen molar-refractivity contribution in [2.45, 2.75) is 33.3 Å². The van der Waals surface area contributed by atoms with Gasteiger partial charge in [0.05, 0.1) is 12.8 Å². The number of amides is 1. The van der Waals surface area contributed by atoms with Crippen molar-refractivity contribution < 1.29 is 14.3 Å². The van der Waals surface area contributed by atoms with Gasteiger partial charge in [0.25, 0.3) is 0 Å². The molecular formula is C14H19BrN2O3. The van der Waals surface area contributed by atoms with Crippen LogP contribution in [0.1, 0.15) is 33.3 Å². The Hall–Kier alpha value is -1.56. The number of hydrogen-bond donors (Lipinski definition) is 1. The third-order valence-electron chi connectivity index (χ3n) is 2.03. The molecule has 110 valence electrons. The molecule has 1 amide bonds. The Labute approximate surface area is 127 Å². The van der Waals surface area contributed by atoms with Crippen molar-refractivity contribution in [2.24, 2.45) is 5.10 Å². The molecule has 0 atom stereocenters. The van der Waals surface area contributed by atoms with E-state index in [2.05, 4.69) is 26.5 Å². The molecule has 0 aromatic heterocycles. The number of rotatable bonds is 4. The molecule has 1 rings (SSSR count). The van der Waals surface area contributed by atoms with Crippen LogP contribution in [0.4, 0.5) is 4.79 Å². The minimum absolute atomic E-state index is 0.550. The Morgan fingerprint density at radius 3 is 2.75 bits per heavy atom. The molecule has 0 bridgehead atoms. The van der Waals surface area contributed by atoms with Crippen molar-refractivity contribution in [1.29, 1.82) is 0 Å². The Kier molecular flexibility index (Phi) is 6.01. The molecular weight excluding hydrogens is 324 g/mol. The lowest BCUT2D eigenvalue weighted by Gasteiger charge is -2.18. The van der Waals surface area contributed by atoms with Gasteiger partial charge in [-0.15, -0.1) is 0 Å². The average molecular weight is 343 g/mol. The van der Waals surface area contributed by atoms with Crippen LogP contribution in [0.3, 0.4) is 0 Å². The molecule has 0 spiro atoms. The molecule has 1 N–H and O–H groups in total. The number of benzene rings is 1. The van der Waals surface area contributed by atoms with Gasteiger partial charge in [0, 0.05) is 10.0 Å². The Bertz CT molecular complexity index is 496. The molecule has 1 aromatic carbocycles. The number of ether oxygens (including phenoxy) is 2. The highest BCUT2D eigenvalue weighted by Gasteiger charge is 2.15. The van der Waals surface area contributed by atoms with Crippen molar-refractivity contribution in [3.63, 3.8) is 0 Å². The molecule has 20 heavy (non-hydrogen) atoms. The van der Waals surface area contributed by atoms with Gasteiger partial charge >= 0.3 is 6.09 Å². The third-order valence-corrected chi connectivity index (χ3v) is 2.52. The highest BCUT2D eigenvalue weighted by Crippen LogP contribution is 2.21. The SMILES string of the molecule is CCOc1ccc(Br)cc1/C=N\NC(=O)OC(C)(C)C. The van der Waals surface area contributed by atoms with Crippen molar-refractivity contribution in [3.8, 4) is 5.75 Å². The summed E-state index contributed by atoms with van der Waals surface area (Å²) in [5, 5.41) is 3.86. The van der Waals surface area contributed by atoms with E-state index in [1.54, 1.807) is 20.8 Å². The number of halogens is 1. The van der Waals surface area contributed by atoms with Gasteiger partial charge in [-0.1, -0.05) is 15.9 Å². The summed E-state index contributed by atoms with van der Waals surface area (Å²) >= 11 is 3.38. The summed E-state index contributed by atoms with van der Waals surface area (Å²) in [6, 6.07) is 5.57. The van der Waals surface area contributed by atoms with Gasteiger partial charge in [0.2, 0.25) is 0 Å². The first-order valence-electron chi connectivity index (χ1n) is 6.26. The molecule has 0 radical (unpaired) electrons. The van der Waals surface area contributed by atoms with Crippen LogP contribution in [-0.4, -0.2) is 24.5 Å². The fourth-order valence-corrected chi connectivity index (χ4v) is 1.74. The van der Waals surface area contributed by atoms with E-state index in [4.69, 9.17) is 9.47 Å². The van der Waals surface area contributed by atoms with E-state index in [0.717, 1.165) is 10.0 Å². The monoisotopic (exact) mass is 342 g/mol. The van der Waals surface area contributed by atoms with Crippen molar-refractivity contribution >= 4 is 28.2 Å². The second-order valence-corrected chi connectivity index (χ2v) is 5.90. The van der Waals surface area contributed by atoms with E-state index >= 15 is 0 Å². The molecule has 0 aliphatic rings. The van der Waals surface area contributed by atoms with Gasteiger partial charge in [0.15, 0.2) is 0 Å². The third kappa shape index (κ3) is 6.06. The summed E-state index contributed by atoms with van der Waals surface area (Å²) in [7, 11) is 0. The highest BCUT2D eigenvalue weighted by molar-refractivity contribution is 9.10. The zero-order chi connectivity index (χ0) is 15.2. The molecule has 0 saturated heterocycles. The van der Waals surface area contributed by atoms with Crippen LogP contribution in [0, 0.1) is 0 Å². The van der Waals surface area contributed by atoms with E-state index in [1.165, 1.54) is 6.21 Å². The van der Waals surface area contributed by atoms with Crippen LogP contribution in [0.2, 0.25) is 0 Å². The molecule has 0 aliphatic heterocycles. The summed E-state index contributed by atoms with van der Waals surface area (Å²) in [4.78, 5) is 11.4. The maximum atomic E-state index is 11.4. The van der Waals surface area contributed by atoms with Gasteiger partial charge in [-0.3, -0.25) is 0 Å². The molecule has 5 nitrogen and oxygen atoms in total. The Balaban J connectivity index is 2.70. The lowest BCUT2D eigenvalue weighted by molar-refractivity contribution is 0.0529. The topological polar surface area (TPSA) is 59.9 Å². The van der Waals surface area contributed by atoms with E-state index in [0.29, 0.717) is 12.4 Å². The van der Waals surface area contributed by atoms with Gasteiger partial charge in [-0.2, -0.15) is 5.10 Å². The maximum Gasteiger partial charge on any atom is 0.428 e. The van der Waals surface area contributed by atoms with E-state index < -0.39 is 11.7 Å². The Morgan fingerprint density at radius 2 is 2.15 bits per heavy atom. The zero-order valence-corrected chi connectivity index (χ0v) is 13.7. The first-order chi connectivity index (χ1) is 9.31. The molecule has 0 unspecified atom stereocenters. The van der Waals surface area contributed by atoms with Crippen molar-refractivity contribution in [2.75, 3.05) is 6.61 Å². The smallest absolute Gasteiger partial charge is 0.428 e. The summed E-state index contributed by atoms with van der Waals surface area (Å²) in [6.07, 6.45) is 0.918. The number of nitrogens with zero attached hydrogens (tertiary/aromatic N) is 1. The summed E-state index contributed by atoms with van der Waals surface area (Å²) in [5.41, 5.74) is 2.53. The molecule has 0 saturated carbocycles. The quantitative estimate of drug-likeness (QED) is 0.670. The second-order valence-electron chi connectivity index (χ2n) is 4.99. The fraction of sp³-hybridized carbons (Fsp3) is 0.429. The molecule has 6 heteroatoms. The van der Waals surface area contributed by atoms with Crippen LogP contribution >= 0.6 is 15.9 Å². The number of hydrogen-bond acceptors (Lipinski definition) is 4. The van der Waals surface area contributed by atoms with Crippen LogP contribution in [0.5, 0.6) is 5.75 Å². The minimum atomic E-state index is -0.596. The minimum Gasteiger partial charge on any atom is -0.493 e. The first-order valence-corrected chi connectivity index (χ1v) is 7.05. The zero-order valence-electron chi connectivity index (χ0n) is 12.1. The van der Waals surface area contributed by atoms with E-state index in [9.17, 15) is 4.79 Å².